The van der Waals surface area contributed by atoms with E-state index in [1.54, 1.807) is 6.08 Å². The number of fused-ring (bicyclic) bond motifs is 1. The van der Waals surface area contributed by atoms with E-state index in [0.717, 1.165) is 24.0 Å². The normalized spacial score (nSPS) is 21.9. The van der Waals surface area contributed by atoms with Gasteiger partial charge in [-0.2, -0.15) is 5.26 Å². The van der Waals surface area contributed by atoms with Crippen molar-refractivity contribution in [2.24, 2.45) is 4.99 Å². The molecule has 0 amide bonds. The Morgan fingerprint density at radius 1 is 1.11 bits per heavy atom. The van der Waals surface area contributed by atoms with Crippen LogP contribution in [0.5, 0.6) is 0 Å². The van der Waals surface area contributed by atoms with E-state index in [0.29, 0.717) is 5.57 Å². The molecule has 2 aliphatic rings. The highest BCUT2D eigenvalue weighted by Crippen LogP contribution is 2.39. The van der Waals surface area contributed by atoms with E-state index in [4.69, 9.17) is 0 Å². The minimum absolute atomic E-state index is 0.0224. The average Bonchev–Trinajstić information content (AvgIpc) is 3.19. The summed E-state index contributed by atoms with van der Waals surface area (Å²) in [4.78, 5) is 18.3. The number of aliphatic imine (C=N–C) groups is 1. The molecule has 2 aromatic carbocycles. The molecule has 0 saturated heterocycles. The second-order valence-electron chi connectivity index (χ2n) is 7.38. The maximum absolute atomic E-state index is 13.7. The Morgan fingerprint density at radius 3 is 2.63 bits per heavy atom. The standard InChI is InChI=1S/C24H22N2O/c1-17(21-13-7-9-19-8-5-6-12-22(19)21)23(27)24(14-18(15-25)16-26-24)20-10-3-2-4-11-20/h2-4,7,9-11,13-14,16-17H,5-6,8,12H2,1H3. The van der Waals surface area contributed by atoms with Crippen LogP contribution in [0.25, 0.3) is 0 Å². The number of aryl methyl sites for hydroxylation is 1. The summed E-state index contributed by atoms with van der Waals surface area (Å²) in [6, 6.07) is 18.0. The fourth-order valence-corrected chi connectivity index (χ4v) is 4.35. The van der Waals surface area contributed by atoms with Crippen LogP contribution in [0.15, 0.2) is 65.2 Å². The minimum Gasteiger partial charge on any atom is -0.295 e. The van der Waals surface area contributed by atoms with E-state index in [2.05, 4.69) is 29.3 Å². The molecule has 27 heavy (non-hydrogen) atoms. The maximum Gasteiger partial charge on any atom is 0.176 e. The number of carbonyl (C=O) groups excluding carboxylic acids is 1. The highest BCUT2D eigenvalue weighted by Gasteiger charge is 2.43. The predicted octanol–water partition coefficient (Wildman–Crippen LogP) is 4.67. The number of rotatable bonds is 4. The number of hydrogen-bond donors (Lipinski definition) is 0. The Hall–Kier alpha value is -2.99. The van der Waals surface area contributed by atoms with Gasteiger partial charge >= 0.3 is 0 Å². The molecule has 0 fully saturated rings. The van der Waals surface area contributed by atoms with E-state index >= 15 is 0 Å². The fourth-order valence-electron chi connectivity index (χ4n) is 4.35. The zero-order chi connectivity index (χ0) is 18.9. The number of ketones is 1. The van der Waals surface area contributed by atoms with E-state index in [-0.39, 0.29) is 11.7 Å². The van der Waals surface area contributed by atoms with Gasteiger partial charge in [-0.05, 0) is 54.0 Å². The predicted molar refractivity (Wildman–Crippen MR) is 107 cm³/mol. The van der Waals surface area contributed by atoms with Gasteiger partial charge in [-0.1, -0.05) is 55.5 Å². The van der Waals surface area contributed by atoms with Gasteiger partial charge in [0.2, 0.25) is 0 Å². The highest BCUT2D eigenvalue weighted by molar-refractivity contribution is 6.03. The van der Waals surface area contributed by atoms with Gasteiger partial charge in [-0.25, -0.2) is 0 Å². The van der Waals surface area contributed by atoms with Crippen molar-refractivity contribution >= 4 is 12.0 Å². The topological polar surface area (TPSA) is 53.2 Å². The van der Waals surface area contributed by atoms with Crippen LogP contribution in [0, 0.1) is 11.3 Å². The second-order valence-corrected chi connectivity index (χ2v) is 7.38. The summed E-state index contributed by atoms with van der Waals surface area (Å²) in [5.41, 5.74) is 3.96. The highest BCUT2D eigenvalue weighted by atomic mass is 16.1. The SMILES string of the molecule is CC(C(=O)C1(c2ccccc2)C=C(C#N)C=N1)c1cccc2c1CCCC2. The zero-order valence-corrected chi connectivity index (χ0v) is 15.5. The van der Waals surface area contributed by atoms with Gasteiger partial charge in [0.15, 0.2) is 11.3 Å². The number of hydrogen-bond acceptors (Lipinski definition) is 3. The summed E-state index contributed by atoms with van der Waals surface area (Å²) in [5.74, 6) is -0.265. The van der Waals surface area contributed by atoms with E-state index in [1.807, 2.05) is 37.3 Å². The van der Waals surface area contributed by atoms with Gasteiger partial charge in [0.25, 0.3) is 0 Å². The molecule has 3 heteroatoms. The third-order valence-electron chi connectivity index (χ3n) is 5.78. The molecule has 0 radical (unpaired) electrons. The molecule has 0 saturated carbocycles. The van der Waals surface area contributed by atoms with Crippen LogP contribution in [0.3, 0.4) is 0 Å². The number of benzene rings is 2. The molecule has 4 rings (SSSR count). The molecule has 2 aromatic rings. The lowest BCUT2D eigenvalue weighted by molar-refractivity contribution is -0.123. The van der Waals surface area contributed by atoms with Crippen LogP contribution >= 0.6 is 0 Å². The molecular formula is C24H22N2O. The lowest BCUT2D eigenvalue weighted by Gasteiger charge is -2.29. The quantitative estimate of drug-likeness (QED) is 0.801. The van der Waals surface area contributed by atoms with Crippen LogP contribution < -0.4 is 0 Å². The van der Waals surface area contributed by atoms with Gasteiger partial charge in [-0.3, -0.25) is 9.79 Å². The Morgan fingerprint density at radius 2 is 1.89 bits per heavy atom. The van der Waals surface area contributed by atoms with Crippen molar-refractivity contribution < 1.29 is 4.79 Å². The monoisotopic (exact) mass is 354 g/mol. The lowest BCUT2D eigenvalue weighted by Crippen LogP contribution is -2.34. The van der Waals surface area contributed by atoms with Gasteiger partial charge in [-0.15, -0.1) is 0 Å². The van der Waals surface area contributed by atoms with Gasteiger partial charge in [0.1, 0.15) is 6.07 Å². The van der Waals surface area contributed by atoms with Crippen molar-refractivity contribution in [2.45, 2.75) is 44.1 Å². The molecule has 3 nitrogen and oxygen atoms in total. The second kappa shape index (κ2) is 6.96. The third kappa shape index (κ3) is 2.92. The molecular weight excluding hydrogens is 332 g/mol. The van der Waals surface area contributed by atoms with Crippen LogP contribution in [-0.2, 0) is 23.2 Å². The van der Waals surface area contributed by atoms with Crippen molar-refractivity contribution in [1.29, 1.82) is 5.26 Å². The zero-order valence-electron chi connectivity index (χ0n) is 15.5. The number of Topliss-reactive ketones (excluding diaryl/α,β-unsaturated/α-hetero) is 1. The first-order chi connectivity index (χ1) is 13.2. The average molecular weight is 354 g/mol. The van der Waals surface area contributed by atoms with Crippen LogP contribution in [0.2, 0.25) is 0 Å². The third-order valence-corrected chi connectivity index (χ3v) is 5.78. The Labute approximate surface area is 160 Å². The summed E-state index contributed by atoms with van der Waals surface area (Å²) in [6.07, 6.45) is 7.75. The summed E-state index contributed by atoms with van der Waals surface area (Å²) in [5, 5.41) is 9.32. The van der Waals surface area contributed by atoms with Gasteiger partial charge in [0, 0.05) is 12.1 Å². The number of carbonyl (C=O) groups is 1. The maximum atomic E-state index is 13.7. The largest absolute Gasteiger partial charge is 0.295 e. The molecule has 1 heterocycles. The summed E-state index contributed by atoms with van der Waals surface area (Å²) in [6.45, 7) is 1.98. The Bertz CT molecular complexity index is 981. The molecule has 134 valence electrons. The van der Waals surface area contributed by atoms with Crippen molar-refractivity contribution in [2.75, 3.05) is 0 Å². The smallest absolute Gasteiger partial charge is 0.176 e. The molecule has 0 spiro atoms. The number of nitrogens with zero attached hydrogens (tertiary/aromatic N) is 2. The summed E-state index contributed by atoms with van der Waals surface area (Å²) in [7, 11) is 0. The van der Waals surface area contributed by atoms with Crippen molar-refractivity contribution in [3.05, 3.63) is 82.4 Å². The fraction of sp³-hybridized carbons (Fsp3) is 0.292. The van der Waals surface area contributed by atoms with Crippen LogP contribution in [0.4, 0.5) is 0 Å². The first-order valence-electron chi connectivity index (χ1n) is 9.54. The lowest BCUT2D eigenvalue weighted by atomic mass is 9.76. The van der Waals surface area contributed by atoms with Crippen molar-refractivity contribution in [1.82, 2.24) is 0 Å². The van der Waals surface area contributed by atoms with Gasteiger partial charge < -0.3 is 0 Å². The van der Waals surface area contributed by atoms with E-state index in [9.17, 15) is 10.1 Å². The van der Waals surface area contributed by atoms with Crippen LogP contribution in [0.1, 0.15) is 47.9 Å². The molecule has 2 unspecified atom stereocenters. The van der Waals surface area contributed by atoms with E-state index in [1.165, 1.54) is 30.2 Å². The first kappa shape index (κ1) is 17.4. The minimum atomic E-state index is -1.11. The molecule has 1 aliphatic heterocycles. The first-order valence-corrected chi connectivity index (χ1v) is 9.54. The summed E-state index contributed by atoms with van der Waals surface area (Å²) >= 11 is 0. The molecule has 1 aliphatic carbocycles. The van der Waals surface area contributed by atoms with E-state index < -0.39 is 5.54 Å². The van der Waals surface area contributed by atoms with Crippen molar-refractivity contribution in [3.8, 4) is 6.07 Å². The van der Waals surface area contributed by atoms with Crippen molar-refractivity contribution in [3.63, 3.8) is 0 Å². The summed E-state index contributed by atoms with van der Waals surface area (Å²) < 4.78 is 0. The molecule has 0 aromatic heterocycles. The van der Waals surface area contributed by atoms with Crippen LogP contribution in [-0.4, -0.2) is 12.0 Å². The number of allylic oxidation sites excluding steroid dienone is 1. The molecule has 0 bridgehead atoms. The van der Waals surface area contributed by atoms with Gasteiger partial charge in [0.05, 0.1) is 5.57 Å². The molecule has 0 N–H and O–H groups in total. The molecule has 2 atom stereocenters. The number of nitriles is 1. The Kier molecular flexibility index (Phi) is 4.49. The Balaban J connectivity index is 1.79.